The minimum atomic E-state index is -0.0977. The van der Waals surface area contributed by atoms with E-state index >= 15 is 0 Å². The van der Waals surface area contributed by atoms with Gasteiger partial charge in [-0.25, -0.2) is 0 Å². The third-order valence-corrected chi connectivity index (χ3v) is 6.03. The van der Waals surface area contributed by atoms with E-state index in [-0.39, 0.29) is 11.9 Å². The predicted molar refractivity (Wildman–Crippen MR) is 143 cm³/mol. The monoisotopic (exact) mass is 499 g/mol. The fourth-order valence-electron chi connectivity index (χ4n) is 3.82. The third kappa shape index (κ3) is 10.3. The minimum absolute atomic E-state index is 0.0977. The molecule has 2 aromatic rings. The zero-order chi connectivity index (χ0) is 25.4. The van der Waals surface area contributed by atoms with Crippen molar-refractivity contribution in [1.82, 2.24) is 20.3 Å². The maximum absolute atomic E-state index is 12.0. The molecule has 1 saturated carbocycles. The second-order valence-corrected chi connectivity index (χ2v) is 9.01. The molecule has 1 aromatic heterocycles. The Morgan fingerprint density at radius 1 is 0.917 bits per heavy atom. The summed E-state index contributed by atoms with van der Waals surface area (Å²) in [6, 6.07) is 9.83. The normalized spacial score (nSPS) is 14.7. The molecule has 0 spiro atoms. The van der Waals surface area contributed by atoms with Gasteiger partial charge in [0.25, 0.3) is 5.91 Å². The molecule has 1 heterocycles. The first kappa shape index (κ1) is 27.6. The van der Waals surface area contributed by atoms with E-state index in [4.69, 9.17) is 9.47 Å². The van der Waals surface area contributed by atoms with Crippen molar-refractivity contribution in [3.63, 3.8) is 0 Å². The minimum Gasteiger partial charge on any atom is -0.377 e. The lowest BCUT2D eigenvalue weighted by atomic mass is 9.96. The van der Waals surface area contributed by atoms with Crippen molar-refractivity contribution < 1.29 is 14.3 Å². The molecular weight excluding hydrogens is 458 g/mol. The summed E-state index contributed by atoms with van der Waals surface area (Å²) in [4.78, 5) is 25.6. The van der Waals surface area contributed by atoms with Crippen LogP contribution < -0.4 is 21.3 Å². The molecule has 1 amide bonds. The lowest BCUT2D eigenvalue weighted by molar-refractivity contribution is 0.0519. The van der Waals surface area contributed by atoms with Gasteiger partial charge < -0.3 is 30.7 Å². The molecule has 1 aliphatic rings. The van der Waals surface area contributed by atoms with Crippen molar-refractivity contribution in [3.8, 4) is 0 Å². The van der Waals surface area contributed by atoms with E-state index in [1.807, 2.05) is 18.2 Å². The van der Waals surface area contributed by atoms with Gasteiger partial charge >= 0.3 is 0 Å². The number of anilines is 3. The molecule has 1 fully saturated rings. The number of rotatable bonds is 16. The number of carbonyl (C=O) groups excluding carboxylic acids is 1. The predicted octanol–water partition coefficient (Wildman–Crippen LogP) is 3.70. The highest BCUT2D eigenvalue weighted by molar-refractivity contribution is 5.94. The SMILES string of the molecule is CCC(C)Nc1nc(NCCOCCOCCNC(=O)c2ccccc2)nc(NC2CCCCC2)n1. The molecule has 36 heavy (non-hydrogen) atoms. The molecule has 1 aromatic carbocycles. The van der Waals surface area contributed by atoms with E-state index in [0.717, 1.165) is 19.3 Å². The number of hydrogen-bond acceptors (Lipinski definition) is 9. The van der Waals surface area contributed by atoms with Gasteiger partial charge in [0, 0.05) is 30.7 Å². The van der Waals surface area contributed by atoms with Crippen LogP contribution in [-0.2, 0) is 9.47 Å². The van der Waals surface area contributed by atoms with E-state index in [1.54, 1.807) is 12.1 Å². The first-order valence-corrected chi connectivity index (χ1v) is 13.2. The second kappa shape index (κ2) is 15.9. The molecule has 3 rings (SSSR count). The molecular formula is C26H41N7O3. The fraction of sp³-hybridized carbons (Fsp3) is 0.615. The van der Waals surface area contributed by atoms with Crippen LogP contribution in [0.3, 0.4) is 0 Å². The topological polar surface area (TPSA) is 122 Å². The van der Waals surface area contributed by atoms with Gasteiger partial charge in [-0.15, -0.1) is 0 Å². The Labute approximate surface area is 214 Å². The highest BCUT2D eigenvalue weighted by Crippen LogP contribution is 2.21. The van der Waals surface area contributed by atoms with E-state index in [9.17, 15) is 4.79 Å². The first-order valence-electron chi connectivity index (χ1n) is 13.2. The average molecular weight is 500 g/mol. The fourth-order valence-corrected chi connectivity index (χ4v) is 3.82. The third-order valence-electron chi connectivity index (χ3n) is 6.03. The molecule has 10 nitrogen and oxygen atoms in total. The number of benzene rings is 1. The molecule has 4 N–H and O–H groups in total. The van der Waals surface area contributed by atoms with E-state index in [0.29, 0.717) is 69.0 Å². The number of nitrogens with zero attached hydrogens (tertiary/aromatic N) is 3. The van der Waals surface area contributed by atoms with Crippen LogP contribution in [0.2, 0.25) is 0 Å². The lowest BCUT2D eigenvalue weighted by Crippen LogP contribution is -2.27. The summed E-state index contributed by atoms with van der Waals surface area (Å²) in [5.74, 6) is 1.62. The van der Waals surface area contributed by atoms with Gasteiger partial charge in [0.1, 0.15) is 0 Å². The van der Waals surface area contributed by atoms with Crippen molar-refractivity contribution in [2.24, 2.45) is 0 Å². The van der Waals surface area contributed by atoms with Crippen molar-refractivity contribution >= 4 is 23.8 Å². The number of carbonyl (C=O) groups is 1. The molecule has 0 aliphatic heterocycles. The number of nitrogens with one attached hydrogen (secondary N) is 4. The Morgan fingerprint density at radius 3 is 2.31 bits per heavy atom. The number of ether oxygens (including phenoxy) is 2. The Bertz CT molecular complexity index is 894. The molecule has 0 radical (unpaired) electrons. The summed E-state index contributed by atoms with van der Waals surface area (Å²) >= 11 is 0. The van der Waals surface area contributed by atoms with Crippen molar-refractivity contribution in [2.75, 3.05) is 55.5 Å². The summed E-state index contributed by atoms with van der Waals surface area (Å²) in [7, 11) is 0. The smallest absolute Gasteiger partial charge is 0.251 e. The van der Waals surface area contributed by atoms with Gasteiger partial charge in [-0.2, -0.15) is 15.0 Å². The Hall–Kier alpha value is -2.98. The van der Waals surface area contributed by atoms with Gasteiger partial charge in [-0.1, -0.05) is 44.4 Å². The lowest BCUT2D eigenvalue weighted by Gasteiger charge is -2.23. The van der Waals surface area contributed by atoms with Gasteiger partial charge in [0.05, 0.1) is 26.4 Å². The number of amides is 1. The van der Waals surface area contributed by atoms with Crippen LogP contribution >= 0.6 is 0 Å². The molecule has 0 saturated heterocycles. The molecule has 1 aliphatic carbocycles. The van der Waals surface area contributed by atoms with Gasteiger partial charge in [0.15, 0.2) is 0 Å². The largest absolute Gasteiger partial charge is 0.377 e. The van der Waals surface area contributed by atoms with Crippen molar-refractivity contribution in [3.05, 3.63) is 35.9 Å². The van der Waals surface area contributed by atoms with Crippen LogP contribution in [0.1, 0.15) is 62.7 Å². The van der Waals surface area contributed by atoms with Gasteiger partial charge in [-0.05, 0) is 38.3 Å². The molecule has 1 unspecified atom stereocenters. The average Bonchev–Trinajstić information content (AvgIpc) is 2.90. The molecule has 10 heteroatoms. The zero-order valence-corrected chi connectivity index (χ0v) is 21.6. The van der Waals surface area contributed by atoms with Crippen LogP contribution in [0.15, 0.2) is 30.3 Å². The quantitative estimate of drug-likeness (QED) is 0.256. The Morgan fingerprint density at radius 2 is 1.58 bits per heavy atom. The highest BCUT2D eigenvalue weighted by atomic mass is 16.5. The van der Waals surface area contributed by atoms with Crippen molar-refractivity contribution in [1.29, 1.82) is 0 Å². The maximum Gasteiger partial charge on any atom is 0.251 e. The second-order valence-electron chi connectivity index (χ2n) is 9.01. The molecule has 198 valence electrons. The summed E-state index contributed by atoms with van der Waals surface area (Å²) in [6.45, 7) is 7.14. The van der Waals surface area contributed by atoms with Gasteiger partial charge in [-0.3, -0.25) is 4.79 Å². The standard InChI is InChI=1S/C26H41N7O3/c1-3-20(2)29-25-31-24(32-26(33-25)30-22-12-8-5-9-13-22)28-15-17-36-19-18-35-16-14-27-23(34)21-10-6-4-7-11-21/h4,6-7,10-11,20,22H,3,5,8-9,12-19H2,1-2H3,(H,27,34)(H3,28,29,30,31,32,33). The Balaban J connectivity index is 1.31. The maximum atomic E-state index is 12.0. The zero-order valence-electron chi connectivity index (χ0n) is 21.6. The van der Waals surface area contributed by atoms with E-state index in [2.05, 4.69) is 50.1 Å². The van der Waals surface area contributed by atoms with Crippen LogP contribution in [0.25, 0.3) is 0 Å². The van der Waals surface area contributed by atoms with Crippen LogP contribution in [0.5, 0.6) is 0 Å². The summed E-state index contributed by atoms with van der Waals surface area (Å²) < 4.78 is 11.2. The van der Waals surface area contributed by atoms with Gasteiger partial charge in [0.2, 0.25) is 17.8 Å². The Kier molecular flexibility index (Phi) is 12.2. The van der Waals surface area contributed by atoms with E-state index < -0.39 is 0 Å². The van der Waals surface area contributed by atoms with Crippen molar-refractivity contribution in [2.45, 2.75) is 64.5 Å². The van der Waals surface area contributed by atoms with Crippen LogP contribution in [0.4, 0.5) is 17.8 Å². The van der Waals surface area contributed by atoms with Crippen LogP contribution in [-0.4, -0.2) is 72.5 Å². The van der Waals surface area contributed by atoms with Crippen LogP contribution in [0, 0.1) is 0 Å². The highest BCUT2D eigenvalue weighted by Gasteiger charge is 2.16. The summed E-state index contributed by atoms with van der Waals surface area (Å²) in [5.41, 5.74) is 0.645. The first-order chi connectivity index (χ1) is 17.6. The molecule has 0 bridgehead atoms. The molecule has 1 atom stereocenters. The number of hydrogen-bond donors (Lipinski definition) is 4. The summed E-state index contributed by atoms with van der Waals surface area (Å²) in [5, 5.41) is 12.9. The van der Waals surface area contributed by atoms with E-state index in [1.165, 1.54) is 19.3 Å². The number of aromatic nitrogens is 3. The summed E-state index contributed by atoms with van der Waals surface area (Å²) in [6.07, 6.45) is 7.08.